The van der Waals surface area contributed by atoms with Gasteiger partial charge in [-0.3, -0.25) is 4.79 Å². The van der Waals surface area contributed by atoms with Crippen molar-refractivity contribution in [3.8, 4) is 11.3 Å². The predicted octanol–water partition coefficient (Wildman–Crippen LogP) is 4.83. The molecule has 182 valence electrons. The van der Waals surface area contributed by atoms with Crippen LogP contribution >= 0.6 is 0 Å². The van der Waals surface area contributed by atoms with Gasteiger partial charge >= 0.3 is 5.97 Å². The number of aromatic nitrogens is 3. The number of benzene rings is 1. The Morgan fingerprint density at radius 1 is 1.09 bits per heavy atom. The molecule has 0 saturated carbocycles. The van der Waals surface area contributed by atoms with Gasteiger partial charge in [-0.05, 0) is 63.6 Å². The van der Waals surface area contributed by atoms with E-state index >= 15 is 0 Å². The molecule has 0 aliphatic carbocycles. The molecule has 8 nitrogen and oxygen atoms in total. The van der Waals surface area contributed by atoms with Crippen molar-refractivity contribution in [2.24, 2.45) is 0 Å². The van der Waals surface area contributed by atoms with E-state index in [1.165, 1.54) is 18.2 Å². The minimum absolute atomic E-state index is 0.155. The van der Waals surface area contributed by atoms with E-state index in [-0.39, 0.29) is 22.9 Å². The number of fused-ring (bicyclic) bond motifs is 1. The van der Waals surface area contributed by atoms with Gasteiger partial charge in [-0.2, -0.15) is 0 Å². The van der Waals surface area contributed by atoms with Gasteiger partial charge in [0.05, 0.1) is 22.3 Å². The Morgan fingerprint density at radius 2 is 1.83 bits per heavy atom. The average Bonchev–Trinajstić information content (AvgIpc) is 3.36. The number of halogens is 1. The topological polar surface area (TPSA) is 96.5 Å². The molecule has 0 amide bonds. The summed E-state index contributed by atoms with van der Waals surface area (Å²) >= 11 is 0. The first-order valence-electron chi connectivity index (χ1n) is 11.2. The molecule has 9 heteroatoms. The van der Waals surface area contributed by atoms with Crippen LogP contribution in [-0.2, 0) is 16.0 Å². The summed E-state index contributed by atoms with van der Waals surface area (Å²) in [5.74, 6) is -1.38. The fourth-order valence-corrected chi connectivity index (χ4v) is 4.11. The van der Waals surface area contributed by atoms with Crippen molar-refractivity contribution < 1.29 is 28.0 Å². The van der Waals surface area contributed by atoms with Gasteiger partial charge in [0.2, 0.25) is 5.78 Å². The van der Waals surface area contributed by atoms with Crippen LogP contribution in [0.25, 0.3) is 22.4 Å². The zero-order valence-corrected chi connectivity index (χ0v) is 20.1. The maximum absolute atomic E-state index is 13.4. The highest BCUT2D eigenvalue weighted by Gasteiger charge is 2.23. The maximum Gasteiger partial charge on any atom is 0.339 e. The van der Waals surface area contributed by atoms with E-state index in [9.17, 15) is 14.0 Å². The van der Waals surface area contributed by atoms with Gasteiger partial charge in [0, 0.05) is 42.8 Å². The molecule has 0 fully saturated rings. The van der Waals surface area contributed by atoms with Crippen LogP contribution in [0.3, 0.4) is 0 Å². The normalized spacial score (nSPS) is 11.2. The Labute approximate surface area is 201 Å². The fraction of sp³-hybridized carbons (Fsp3) is 0.308. The summed E-state index contributed by atoms with van der Waals surface area (Å²) in [5.41, 5.74) is 4.07. The summed E-state index contributed by atoms with van der Waals surface area (Å²) in [5, 5.41) is 4.31. The highest BCUT2D eigenvalue weighted by atomic mass is 19.1. The van der Waals surface area contributed by atoms with E-state index in [0.29, 0.717) is 34.5 Å². The third-order valence-corrected chi connectivity index (χ3v) is 5.92. The Kier molecular flexibility index (Phi) is 7.07. The lowest BCUT2D eigenvalue weighted by Gasteiger charge is -2.10. The number of carbonyl (C=O) groups is 2. The van der Waals surface area contributed by atoms with Gasteiger partial charge in [-0.25, -0.2) is 14.2 Å². The van der Waals surface area contributed by atoms with E-state index in [0.717, 1.165) is 24.4 Å². The van der Waals surface area contributed by atoms with Crippen molar-refractivity contribution in [3.05, 3.63) is 70.4 Å². The summed E-state index contributed by atoms with van der Waals surface area (Å²) in [6.07, 6.45) is 0.821. The summed E-state index contributed by atoms with van der Waals surface area (Å²) in [6, 6.07) is 9.04. The molecule has 0 aliphatic heterocycles. The van der Waals surface area contributed by atoms with Crippen LogP contribution in [0.15, 0.2) is 40.9 Å². The molecule has 3 heterocycles. The van der Waals surface area contributed by atoms with Gasteiger partial charge in [0.15, 0.2) is 6.61 Å². The van der Waals surface area contributed by atoms with Crippen molar-refractivity contribution in [1.29, 1.82) is 0 Å². The number of aryl methyl sites for hydroxylation is 2. The molecule has 0 aliphatic rings. The number of ether oxygens (including phenoxy) is 2. The van der Waals surface area contributed by atoms with Gasteiger partial charge in [-0.15, -0.1) is 0 Å². The van der Waals surface area contributed by atoms with Gasteiger partial charge in [-0.1, -0.05) is 5.16 Å². The lowest BCUT2D eigenvalue weighted by Crippen LogP contribution is -2.16. The molecule has 0 bridgehead atoms. The first-order chi connectivity index (χ1) is 16.8. The standard InChI is InChI=1S/C26H26FN3O5/c1-15-12-20(17(3)30(15)10-5-11-33-4)23(31)14-34-26(32)21-13-22(18-6-8-19(27)9-7-18)28-25-24(21)16(2)29-35-25/h6-9,12-13H,5,10-11,14H2,1-4H3. The molecule has 4 aromatic rings. The Bertz CT molecular complexity index is 1390. The van der Waals surface area contributed by atoms with E-state index in [2.05, 4.69) is 14.7 Å². The SMILES string of the molecule is COCCCn1c(C)cc(C(=O)COC(=O)c2cc(-c3ccc(F)cc3)nc3onc(C)c23)c1C. The van der Waals surface area contributed by atoms with Gasteiger partial charge in [0.1, 0.15) is 5.82 Å². The number of methoxy groups -OCH3 is 1. The number of hydrogen-bond donors (Lipinski definition) is 0. The number of nitrogens with zero attached hydrogens (tertiary/aromatic N) is 3. The predicted molar refractivity (Wildman–Crippen MR) is 127 cm³/mol. The third-order valence-electron chi connectivity index (χ3n) is 5.92. The van der Waals surface area contributed by atoms with Crippen molar-refractivity contribution in [1.82, 2.24) is 14.7 Å². The summed E-state index contributed by atoms with van der Waals surface area (Å²) < 4.78 is 31.2. The summed E-state index contributed by atoms with van der Waals surface area (Å²) in [7, 11) is 1.65. The van der Waals surface area contributed by atoms with Crippen molar-refractivity contribution >= 4 is 22.9 Å². The largest absolute Gasteiger partial charge is 0.454 e. The molecule has 0 atom stereocenters. The summed E-state index contributed by atoms with van der Waals surface area (Å²) in [6.45, 7) is 6.43. The molecule has 0 N–H and O–H groups in total. The Hall–Kier alpha value is -3.85. The molecule has 0 saturated heterocycles. The third kappa shape index (κ3) is 5.00. The zero-order valence-electron chi connectivity index (χ0n) is 20.1. The number of Topliss-reactive ketones (excluding diaryl/α,β-unsaturated/α-hetero) is 1. The van der Waals surface area contributed by atoms with Crippen LogP contribution in [-0.4, -0.2) is 46.8 Å². The second-order valence-corrected chi connectivity index (χ2v) is 8.29. The molecule has 3 aromatic heterocycles. The smallest absolute Gasteiger partial charge is 0.339 e. The average molecular weight is 480 g/mol. The lowest BCUT2D eigenvalue weighted by molar-refractivity contribution is 0.0476. The highest BCUT2D eigenvalue weighted by Crippen LogP contribution is 2.28. The van der Waals surface area contributed by atoms with Gasteiger partial charge in [0.25, 0.3) is 5.71 Å². The van der Waals surface area contributed by atoms with Crippen molar-refractivity contribution in [2.75, 3.05) is 20.3 Å². The van der Waals surface area contributed by atoms with E-state index in [4.69, 9.17) is 14.0 Å². The number of pyridine rings is 1. The minimum Gasteiger partial charge on any atom is -0.454 e. The number of ketones is 1. The van der Waals surface area contributed by atoms with E-state index in [1.807, 2.05) is 13.8 Å². The number of rotatable bonds is 9. The van der Waals surface area contributed by atoms with Crippen LogP contribution in [0.4, 0.5) is 4.39 Å². The van der Waals surface area contributed by atoms with E-state index in [1.54, 1.807) is 32.2 Å². The first kappa shape index (κ1) is 24.3. The minimum atomic E-state index is -0.700. The second-order valence-electron chi connectivity index (χ2n) is 8.29. The Morgan fingerprint density at radius 3 is 2.54 bits per heavy atom. The molecule has 0 radical (unpaired) electrons. The Balaban J connectivity index is 1.56. The lowest BCUT2D eigenvalue weighted by atomic mass is 10.1. The monoisotopic (exact) mass is 479 g/mol. The fourth-order valence-electron chi connectivity index (χ4n) is 4.11. The van der Waals surface area contributed by atoms with Crippen molar-refractivity contribution in [2.45, 2.75) is 33.7 Å². The van der Waals surface area contributed by atoms with Crippen LogP contribution in [0, 0.1) is 26.6 Å². The molecule has 1 aromatic carbocycles. The quantitative estimate of drug-likeness (QED) is 0.193. The molecule has 0 unspecified atom stereocenters. The first-order valence-corrected chi connectivity index (χ1v) is 11.2. The molecule has 0 spiro atoms. The molecule has 35 heavy (non-hydrogen) atoms. The van der Waals surface area contributed by atoms with Crippen LogP contribution < -0.4 is 0 Å². The van der Waals surface area contributed by atoms with Gasteiger partial charge < -0.3 is 18.6 Å². The molecular formula is C26H26FN3O5. The highest BCUT2D eigenvalue weighted by molar-refractivity contribution is 6.06. The number of carbonyl (C=O) groups excluding carboxylic acids is 2. The van der Waals surface area contributed by atoms with Crippen molar-refractivity contribution in [3.63, 3.8) is 0 Å². The van der Waals surface area contributed by atoms with Crippen LogP contribution in [0.5, 0.6) is 0 Å². The maximum atomic E-state index is 13.4. The number of esters is 1. The second kappa shape index (κ2) is 10.2. The summed E-state index contributed by atoms with van der Waals surface area (Å²) in [4.78, 5) is 30.4. The van der Waals surface area contributed by atoms with E-state index < -0.39 is 12.6 Å². The van der Waals surface area contributed by atoms with Crippen LogP contribution in [0.2, 0.25) is 0 Å². The number of hydrogen-bond acceptors (Lipinski definition) is 7. The molecular weight excluding hydrogens is 453 g/mol. The zero-order chi connectivity index (χ0) is 25.1. The van der Waals surface area contributed by atoms with Crippen LogP contribution in [0.1, 0.15) is 44.2 Å². The molecule has 4 rings (SSSR count).